The van der Waals surface area contributed by atoms with Gasteiger partial charge in [-0.15, -0.1) is 0 Å². The molecule has 0 radical (unpaired) electrons. The SMILES string of the molecule is OCCCC[O][Zr]([O]CCCCO)([O]CCCCO)[O]CCCCO. The first kappa shape index (κ1) is 25.6. The first-order chi connectivity index (χ1) is 12.2. The third-order valence-electron chi connectivity index (χ3n) is 3.33. The third-order valence-corrected chi connectivity index (χ3v) is 8.81. The van der Waals surface area contributed by atoms with Crippen molar-refractivity contribution in [1.29, 1.82) is 0 Å². The molecule has 0 aromatic rings. The second kappa shape index (κ2) is 19.3. The average Bonchev–Trinajstić information content (AvgIpc) is 2.63. The summed E-state index contributed by atoms with van der Waals surface area (Å²) in [5.74, 6) is 0. The van der Waals surface area contributed by atoms with Gasteiger partial charge in [-0.2, -0.15) is 0 Å². The summed E-state index contributed by atoms with van der Waals surface area (Å²) in [6, 6.07) is 0. The molecule has 0 aliphatic carbocycles. The number of hydrogen-bond acceptors (Lipinski definition) is 8. The van der Waals surface area contributed by atoms with Gasteiger partial charge in [-0.3, -0.25) is 0 Å². The Kier molecular flexibility index (Phi) is 19.8. The van der Waals surface area contributed by atoms with Gasteiger partial charge in [0.2, 0.25) is 0 Å². The van der Waals surface area contributed by atoms with Crippen LogP contribution in [0, 0.1) is 0 Å². The van der Waals surface area contributed by atoms with Crippen molar-refractivity contribution >= 4 is 0 Å². The Morgan fingerprint density at radius 3 is 0.840 bits per heavy atom. The summed E-state index contributed by atoms with van der Waals surface area (Å²) in [5, 5.41) is 35.6. The number of hydrogen-bond donors (Lipinski definition) is 4. The van der Waals surface area contributed by atoms with Gasteiger partial charge < -0.3 is 0 Å². The molecule has 9 heteroatoms. The van der Waals surface area contributed by atoms with E-state index in [2.05, 4.69) is 0 Å². The van der Waals surface area contributed by atoms with Gasteiger partial charge in [0, 0.05) is 0 Å². The van der Waals surface area contributed by atoms with E-state index in [0.29, 0.717) is 77.8 Å². The summed E-state index contributed by atoms with van der Waals surface area (Å²) >= 11 is -4.19. The van der Waals surface area contributed by atoms with Crippen LogP contribution in [0.2, 0.25) is 0 Å². The van der Waals surface area contributed by atoms with E-state index in [9.17, 15) is 0 Å². The van der Waals surface area contributed by atoms with Crippen LogP contribution >= 0.6 is 0 Å². The Balaban J connectivity index is 4.62. The van der Waals surface area contributed by atoms with E-state index in [1.807, 2.05) is 0 Å². The number of rotatable bonds is 20. The molecular formula is C16H36O8Zr. The van der Waals surface area contributed by atoms with Crippen molar-refractivity contribution in [3.8, 4) is 0 Å². The van der Waals surface area contributed by atoms with E-state index in [-0.39, 0.29) is 26.4 Å². The summed E-state index contributed by atoms with van der Waals surface area (Å²) < 4.78 is 23.7. The summed E-state index contributed by atoms with van der Waals surface area (Å²) in [4.78, 5) is 0. The van der Waals surface area contributed by atoms with Gasteiger partial charge in [0.15, 0.2) is 0 Å². The van der Waals surface area contributed by atoms with Crippen LogP contribution in [-0.2, 0) is 33.3 Å². The van der Waals surface area contributed by atoms with E-state index in [0.717, 1.165) is 0 Å². The Morgan fingerprint density at radius 1 is 0.400 bits per heavy atom. The molecule has 0 aliphatic heterocycles. The molecule has 0 aromatic carbocycles. The zero-order valence-electron chi connectivity index (χ0n) is 15.2. The predicted octanol–water partition coefficient (Wildman–Crippen LogP) is 0.957. The fourth-order valence-electron chi connectivity index (χ4n) is 1.89. The standard InChI is InChI=1S/4C4H9O2.Zr/c4*5-3-1-2-4-6;/h4*5H,1-4H2;/q4*-1;+4. The first-order valence-electron chi connectivity index (χ1n) is 9.24. The van der Waals surface area contributed by atoms with Crippen molar-refractivity contribution in [2.24, 2.45) is 0 Å². The number of aliphatic hydroxyl groups is 4. The second-order valence-electron chi connectivity index (χ2n) is 5.62. The molecule has 0 saturated carbocycles. The molecule has 0 bridgehead atoms. The fourth-order valence-corrected chi connectivity index (χ4v) is 7.00. The Bertz CT molecular complexity index is 217. The fraction of sp³-hybridized carbons (Fsp3) is 1.00. The summed E-state index contributed by atoms with van der Waals surface area (Å²) in [6.07, 6.45) is 5.32. The van der Waals surface area contributed by atoms with Gasteiger partial charge in [-0.1, -0.05) is 0 Å². The molecule has 152 valence electrons. The van der Waals surface area contributed by atoms with Crippen molar-refractivity contribution in [3.63, 3.8) is 0 Å². The molecule has 25 heavy (non-hydrogen) atoms. The number of unbranched alkanes of at least 4 members (excludes halogenated alkanes) is 4. The van der Waals surface area contributed by atoms with Crippen LogP contribution in [0.1, 0.15) is 51.4 Å². The van der Waals surface area contributed by atoms with Crippen molar-refractivity contribution in [3.05, 3.63) is 0 Å². The summed E-state index contributed by atoms with van der Waals surface area (Å²) in [5.41, 5.74) is 0. The Morgan fingerprint density at radius 2 is 0.640 bits per heavy atom. The molecule has 0 atom stereocenters. The molecule has 0 rings (SSSR count). The molecule has 0 aliphatic rings. The van der Waals surface area contributed by atoms with Crippen LogP contribution in [0.25, 0.3) is 0 Å². The molecule has 0 unspecified atom stereocenters. The molecule has 0 spiro atoms. The van der Waals surface area contributed by atoms with Crippen molar-refractivity contribution < 1.29 is 53.7 Å². The van der Waals surface area contributed by atoms with Crippen molar-refractivity contribution in [2.75, 3.05) is 52.9 Å². The molecule has 0 amide bonds. The monoisotopic (exact) mass is 446 g/mol. The van der Waals surface area contributed by atoms with Crippen LogP contribution < -0.4 is 0 Å². The van der Waals surface area contributed by atoms with Gasteiger partial charge >= 0.3 is 158 Å². The molecule has 0 fully saturated rings. The van der Waals surface area contributed by atoms with Crippen LogP contribution in [0.4, 0.5) is 0 Å². The van der Waals surface area contributed by atoms with Crippen LogP contribution in [-0.4, -0.2) is 73.3 Å². The van der Waals surface area contributed by atoms with Crippen molar-refractivity contribution in [1.82, 2.24) is 0 Å². The molecule has 0 aromatic heterocycles. The van der Waals surface area contributed by atoms with Gasteiger partial charge in [0.25, 0.3) is 0 Å². The molecule has 0 heterocycles. The van der Waals surface area contributed by atoms with E-state index in [1.165, 1.54) is 0 Å². The Hall–Kier alpha value is 0.563. The predicted molar refractivity (Wildman–Crippen MR) is 89.1 cm³/mol. The van der Waals surface area contributed by atoms with Gasteiger partial charge in [-0.05, 0) is 0 Å². The molecular weight excluding hydrogens is 411 g/mol. The quantitative estimate of drug-likeness (QED) is 0.204. The summed E-state index contributed by atoms with van der Waals surface area (Å²) in [6.45, 7) is 2.03. The van der Waals surface area contributed by atoms with Crippen LogP contribution in [0.15, 0.2) is 0 Å². The van der Waals surface area contributed by atoms with Crippen molar-refractivity contribution in [2.45, 2.75) is 51.4 Å². The Labute approximate surface area is 157 Å². The zero-order chi connectivity index (χ0) is 18.6. The molecule has 4 N–H and O–H groups in total. The van der Waals surface area contributed by atoms with Crippen LogP contribution in [0.3, 0.4) is 0 Å². The summed E-state index contributed by atoms with van der Waals surface area (Å²) in [7, 11) is 0. The number of aliphatic hydroxyl groups excluding tert-OH is 4. The minimum absolute atomic E-state index is 0.109. The van der Waals surface area contributed by atoms with Gasteiger partial charge in [0.05, 0.1) is 0 Å². The van der Waals surface area contributed by atoms with E-state index in [4.69, 9.17) is 31.7 Å². The molecule has 0 saturated heterocycles. The zero-order valence-corrected chi connectivity index (χ0v) is 17.7. The second-order valence-corrected chi connectivity index (χ2v) is 10.9. The maximum atomic E-state index is 8.89. The topological polar surface area (TPSA) is 118 Å². The van der Waals surface area contributed by atoms with E-state index < -0.39 is 22.0 Å². The average molecular weight is 448 g/mol. The normalized spacial score (nSPS) is 12.0. The van der Waals surface area contributed by atoms with E-state index >= 15 is 0 Å². The van der Waals surface area contributed by atoms with Gasteiger partial charge in [0.1, 0.15) is 0 Å². The van der Waals surface area contributed by atoms with Crippen LogP contribution in [0.5, 0.6) is 0 Å². The maximum absolute atomic E-state index is 8.89. The third kappa shape index (κ3) is 15.3. The van der Waals surface area contributed by atoms with Gasteiger partial charge in [-0.25, -0.2) is 0 Å². The first-order valence-corrected chi connectivity index (χ1v) is 13.3. The molecule has 8 nitrogen and oxygen atoms in total. The van der Waals surface area contributed by atoms with E-state index in [1.54, 1.807) is 0 Å². The minimum atomic E-state index is -4.19.